The predicted molar refractivity (Wildman–Crippen MR) is 76.4 cm³/mol. The number of aliphatic hydroxyl groups is 1. The third-order valence-corrected chi connectivity index (χ3v) is 3.90. The van der Waals surface area contributed by atoms with Crippen LogP contribution in [-0.2, 0) is 0 Å². The quantitative estimate of drug-likeness (QED) is 0.749. The molecule has 100 valence electrons. The van der Waals surface area contributed by atoms with E-state index in [2.05, 4.69) is 21.2 Å². The second-order valence-corrected chi connectivity index (χ2v) is 6.23. The van der Waals surface area contributed by atoms with Gasteiger partial charge in [0.1, 0.15) is 0 Å². The van der Waals surface area contributed by atoms with E-state index in [9.17, 15) is 9.90 Å². The van der Waals surface area contributed by atoms with Crippen molar-refractivity contribution < 1.29 is 9.90 Å². The summed E-state index contributed by atoms with van der Waals surface area (Å²) in [5.41, 5.74) is 4.98. The van der Waals surface area contributed by atoms with Crippen LogP contribution in [-0.4, -0.2) is 22.2 Å². The first-order chi connectivity index (χ1) is 8.04. The molecule has 0 aliphatic rings. The molecule has 1 rings (SSSR count). The maximum atomic E-state index is 12.1. The Morgan fingerprint density at radius 2 is 1.89 bits per heavy atom. The van der Waals surface area contributed by atoms with Gasteiger partial charge in [0.2, 0.25) is 0 Å². The number of hydrogen-bond donors (Lipinski definition) is 3. The highest BCUT2D eigenvalue weighted by atomic mass is 79.9. The first kappa shape index (κ1) is 15.0. The van der Waals surface area contributed by atoms with E-state index < -0.39 is 11.1 Å². The van der Waals surface area contributed by atoms with Crippen molar-refractivity contribution in [3.63, 3.8) is 0 Å². The van der Waals surface area contributed by atoms with Gasteiger partial charge in [0.15, 0.2) is 0 Å². The van der Waals surface area contributed by atoms with Crippen LogP contribution < -0.4 is 11.1 Å². The van der Waals surface area contributed by atoms with Crippen LogP contribution in [0.4, 0.5) is 5.69 Å². The lowest BCUT2D eigenvalue weighted by molar-refractivity contribution is -0.00292. The SMILES string of the molecule is CC(C)(O)C(C)(C)NC(=O)c1ccc(N)c(Br)c1. The second-order valence-electron chi connectivity index (χ2n) is 5.37. The molecule has 0 aromatic heterocycles. The van der Waals surface area contributed by atoms with Crippen LogP contribution in [0.5, 0.6) is 0 Å². The Bertz CT molecular complexity index is 465. The third kappa shape index (κ3) is 3.23. The summed E-state index contributed by atoms with van der Waals surface area (Å²) in [5, 5.41) is 12.8. The van der Waals surface area contributed by atoms with Crippen molar-refractivity contribution in [1.82, 2.24) is 5.32 Å². The van der Waals surface area contributed by atoms with Crippen molar-refractivity contribution in [3.8, 4) is 0 Å². The van der Waals surface area contributed by atoms with Crippen LogP contribution in [0, 0.1) is 0 Å². The fourth-order valence-electron chi connectivity index (χ4n) is 1.18. The number of nitrogen functional groups attached to an aromatic ring is 1. The van der Waals surface area contributed by atoms with Crippen molar-refractivity contribution in [3.05, 3.63) is 28.2 Å². The van der Waals surface area contributed by atoms with Gasteiger partial charge in [0, 0.05) is 15.7 Å². The summed E-state index contributed by atoms with van der Waals surface area (Å²) in [6.07, 6.45) is 0. The van der Waals surface area contributed by atoms with Gasteiger partial charge in [-0.25, -0.2) is 0 Å². The molecule has 4 nitrogen and oxygen atoms in total. The third-order valence-electron chi connectivity index (χ3n) is 3.22. The first-order valence-corrected chi connectivity index (χ1v) is 6.44. The lowest BCUT2D eigenvalue weighted by atomic mass is 9.86. The summed E-state index contributed by atoms with van der Waals surface area (Å²) in [6, 6.07) is 4.97. The normalized spacial score (nSPS) is 12.3. The van der Waals surface area contributed by atoms with E-state index in [1.54, 1.807) is 45.9 Å². The largest absolute Gasteiger partial charge is 0.398 e. The van der Waals surface area contributed by atoms with Crippen LogP contribution in [0.25, 0.3) is 0 Å². The molecule has 0 aliphatic heterocycles. The molecule has 1 aromatic rings. The molecule has 1 aromatic carbocycles. The number of halogens is 1. The average Bonchev–Trinajstić information content (AvgIpc) is 2.19. The number of nitrogens with two attached hydrogens (primary N) is 1. The van der Waals surface area contributed by atoms with Gasteiger partial charge in [-0.3, -0.25) is 4.79 Å². The van der Waals surface area contributed by atoms with E-state index in [-0.39, 0.29) is 5.91 Å². The molecule has 1 amide bonds. The minimum absolute atomic E-state index is 0.247. The lowest BCUT2D eigenvalue weighted by Gasteiger charge is -2.38. The molecular weight excluding hydrogens is 296 g/mol. The summed E-state index contributed by atoms with van der Waals surface area (Å²) < 4.78 is 0.677. The van der Waals surface area contributed by atoms with Crippen molar-refractivity contribution in [1.29, 1.82) is 0 Å². The van der Waals surface area contributed by atoms with E-state index in [0.717, 1.165) is 0 Å². The zero-order valence-electron chi connectivity index (χ0n) is 11.0. The fraction of sp³-hybridized carbons (Fsp3) is 0.462. The van der Waals surface area contributed by atoms with Crippen molar-refractivity contribution in [2.75, 3.05) is 5.73 Å². The molecule has 0 radical (unpaired) electrons. The van der Waals surface area contributed by atoms with Gasteiger partial charge in [0.25, 0.3) is 5.91 Å². The number of rotatable bonds is 3. The molecule has 0 spiro atoms. The summed E-state index contributed by atoms with van der Waals surface area (Å²) in [6.45, 7) is 6.87. The van der Waals surface area contributed by atoms with Gasteiger partial charge in [-0.15, -0.1) is 0 Å². The Balaban J connectivity index is 2.93. The Morgan fingerprint density at radius 3 is 2.33 bits per heavy atom. The zero-order chi connectivity index (χ0) is 14.1. The molecule has 0 heterocycles. The topological polar surface area (TPSA) is 75.3 Å². The van der Waals surface area contributed by atoms with E-state index in [1.807, 2.05) is 0 Å². The van der Waals surface area contributed by atoms with Gasteiger partial charge in [-0.1, -0.05) is 0 Å². The molecule has 0 bridgehead atoms. The maximum absolute atomic E-state index is 12.1. The monoisotopic (exact) mass is 314 g/mol. The van der Waals surface area contributed by atoms with Gasteiger partial charge in [-0.2, -0.15) is 0 Å². The summed E-state index contributed by atoms with van der Waals surface area (Å²) in [5.74, 6) is -0.247. The number of anilines is 1. The van der Waals surface area contributed by atoms with Gasteiger partial charge in [0.05, 0.1) is 11.1 Å². The molecule has 5 heteroatoms. The molecule has 0 fully saturated rings. The van der Waals surface area contributed by atoms with E-state index in [0.29, 0.717) is 15.7 Å². The summed E-state index contributed by atoms with van der Waals surface area (Å²) >= 11 is 3.28. The number of carbonyl (C=O) groups is 1. The highest BCUT2D eigenvalue weighted by molar-refractivity contribution is 9.10. The van der Waals surface area contributed by atoms with E-state index in [4.69, 9.17) is 5.73 Å². The molecule has 4 N–H and O–H groups in total. The van der Waals surface area contributed by atoms with Crippen LogP contribution in [0.3, 0.4) is 0 Å². The molecule has 18 heavy (non-hydrogen) atoms. The summed E-state index contributed by atoms with van der Waals surface area (Å²) in [7, 11) is 0. The van der Waals surface area contributed by atoms with Crippen LogP contribution in [0.2, 0.25) is 0 Å². The van der Waals surface area contributed by atoms with Gasteiger partial charge >= 0.3 is 0 Å². The zero-order valence-corrected chi connectivity index (χ0v) is 12.6. The number of hydrogen-bond acceptors (Lipinski definition) is 3. The molecule has 0 saturated carbocycles. The molecule has 0 unspecified atom stereocenters. The highest BCUT2D eigenvalue weighted by Crippen LogP contribution is 2.23. The molecule has 0 atom stereocenters. The van der Waals surface area contributed by atoms with Crippen LogP contribution in [0.1, 0.15) is 38.1 Å². The standard InChI is InChI=1S/C13H19BrN2O2/c1-12(2,13(3,4)18)16-11(17)8-5-6-10(15)9(14)7-8/h5-7,18H,15H2,1-4H3,(H,16,17). The Labute approximate surface area is 116 Å². The van der Waals surface area contributed by atoms with E-state index >= 15 is 0 Å². The van der Waals surface area contributed by atoms with Crippen molar-refractivity contribution >= 4 is 27.5 Å². The molecule has 0 saturated heterocycles. The van der Waals surface area contributed by atoms with Crippen LogP contribution >= 0.6 is 15.9 Å². The number of carbonyl (C=O) groups excluding carboxylic acids is 1. The minimum atomic E-state index is -1.02. The van der Waals surface area contributed by atoms with Crippen LogP contribution in [0.15, 0.2) is 22.7 Å². The van der Waals surface area contributed by atoms with Crippen molar-refractivity contribution in [2.24, 2.45) is 0 Å². The average molecular weight is 315 g/mol. The number of benzene rings is 1. The Morgan fingerprint density at radius 1 is 1.33 bits per heavy atom. The Hall–Kier alpha value is -1.07. The smallest absolute Gasteiger partial charge is 0.251 e. The molecular formula is C13H19BrN2O2. The van der Waals surface area contributed by atoms with Crippen molar-refractivity contribution in [2.45, 2.75) is 38.8 Å². The number of nitrogens with one attached hydrogen (secondary N) is 1. The van der Waals surface area contributed by atoms with Gasteiger partial charge < -0.3 is 16.2 Å². The Kier molecular flexibility index (Phi) is 4.08. The second kappa shape index (κ2) is 4.90. The summed E-state index contributed by atoms with van der Waals surface area (Å²) in [4.78, 5) is 12.1. The van der Waals surface area contributed by atoms with Gasteiger partial charge in [-0.05, 0) is 61.8 Å². The lowest BCUT2D eigenvalue weighted by Crippen LogP contribution is -2.57. The first-order valence-electron chi connectivity index (χ1n) is 5.64. The maximum Gasteiger partial charge on any atom is 0.251 e. The highest BCUT2D eigenvalue weighted by Gasteiger charge is 2.36. The van der Waals surface area contributed by atoms with E-state index in [1.165, 1.54) is 0 Å². The fourth-order valence-corrected chi connectivity index (χ4v) is 1.56. The predicted octanol–water partition coefficient (Wildman–Crippen LogP) is 2.31. The minimum Gasteiger partial charge on any atom is -0.398 e. The number of amides is 1. The molecule has 0 aliphatic carbocycles.